The molecule has 0 N–H and O–H groups in total. The van der Waals surface area contributed by atoms with Gasteiger partial charge in [-0.3, -0.25) is 0 Å². The third-order valence-electron chi connectivity index (χ3n) is 5.58. The van der Waals surface area contributed by atoms with E-state index in [9.17, 15) is 0 Å². The van der Waals surface area contributed by atoms with Crippen molar-refractivity contribution in [1.29, 1.82) is 0 Å². The Bertz CT molecular complexity index is 937. The summed E-state index contributed by atoms with van der Waals surface area (Å²) in [7, 11) is -1.98. The van der Waals surface area contributed by atoms with Crippen LogP contribution in [0.3, 0.4) is 0 Å². The standard InChI is InChI=1S/C28H28P.ClH.H3P/c1-2-3-15-24-16-13-14-23-28(24)29(25-17-7-4-8-18-25,26-19-9-5-10-20-26)27-21-11-6-12-22-27;;/h4-14,16-23H,2-3,15H2,1H3;1H;1H3/q+1;;/p-1. The Balaban J connectivity index is 0.00000171. The molecule has 0 aliphatic carbocycles. The SMILES string of the molecule is CCCCc1ccccc1[P+](c1ccccc1)(c1ccccc1)c1ccccc1.P.[Cl-]. The topological polar surface area (TPSA) is 0 Å². The van der Waals surface area contributed by atoms with E-state index in [1.54, 1.807) is 0 Å². The average Bonchev–Trinajstić information content (AvgIpc) is 2.81. The maximum Gasteiger partial charge on any atom is 0.144 e. The summed E-state index contributed by atoms with van der Waals surface area (Å²) in [6.45, 7) is 2.27. The van der Waals surface area contributed by atoms with Gasteiger partial charge in [0.25, 0.3) is 0 Å². The van der Waals surface area contributed by atoms with Crippen LogP contribution in [0.5, 0.6) is 0 Å². The van der Waals surface area contributed by atoms with Crippen LogP contribution >= 0.6 is 17.2 Å². The number of hydrogen-bond acceptors (Lipinski definition) is 0. The molecule has 0 heterocycles. The molecule has 0 amide bonds. The molecular weight excluding hydrogens is 434 g/mol. The molecule has 3 heteroatoms. The van der Waals surface area contributed by atoms with E-state index < -0.39 is 7.26 Å². The third kappa shape index (κ3) is 5.10. The minimum absolute atomic E-state index is 0. The lowest BCUT2D eigenvalue weighted by molar-refractivity contribution is -0.00000579. The molecule has 4 aromatic carbocycles. The van der Waals surface area contributed by atoms with Crippen LogP contribution in [-0.2, 0) is 6.42 Å². The van der Waals surface area contributed by atoms with Crippen LogP contribution in [0.15, 0.2) is 115 Å². The van der Waals surface area contributed by atoms with Gasteiger partial charge < -0.3 is 12.4 Å². The van der Waals surface area contributed by atoms with Gasteiger partial charge in [0.1, 0.15) is 28.5 Å². The zero-order valence-corrected chi connectivity index (χ0v) is 21.2. The average molecular weight is 465 g/mol. The number of rotatable bonds is 7. The maximum absolute atomic E-state index is 2.38. The molecular formula is C28H31ClP2. The van der Waals surface area contributed by atoms with Crippen molar-refractivity contribution >= 4 is 38.4 Å². The maximum atomic E-state index is 2.38. The van der Waals surface area contributed by atoms with E-state index >= 15 is 0 Å². The molecule has 0 saturated heterocycles. The Hall–Kier alpha value is -1.97. The molecule has 0 aliphatic rings. The van der Waals surface area contributed by atoms with Crippen molar-refractivity contribution in [2.45, 2.75) is 26.2 Å². The molecule has 0 fully saturated rings. The molecule has 0 aliphatic heterocycles. The summed E-state index contributed by atoms with van der Waals surface area (Å²) in [5, 5.41) is 5.75. The molecule has 0 bridgehead atoms. The Labute approximate surface area is 197 Å². The predicted octanol–water partition coefficient (Wildman–Crippen LogP) is 2.71. The van der Waals surface area contributed by atoms with Crippen molar-refractivity contribution in [1.82, 2.24) is 0 Å². The predicted molar refractivity (Wildman–Crippen MR) is 141 cm³/mol. The Morgan fingerprint density at radius 1 is 0.548 bits per heavy atom. The summed E-state index contributed by atoms with van der Waals surface area (Å²) in [5.41, 5.74) is 1.49. The zero-order chi connectivity index (χ0) is 19.9. The second-order valence-corrected chi connectivity index (χ2v) is 10.8. The van der Waals surface area contributed by atoms with Gasteiger partial charge in [-0.15, -0.1) is 0 Å². The summed E-state index contributed by atoms with van der Waals surface area (Å²) in [6, 6.07) is 42.6. The fraction of sp³-hybridized carbons (Fsp3) is 0.143. The highest BCUT2D eigenvalue weighted by Gasteiger charge is 2.48. The van der Waals surface area contributed by atoms with Crippen molar-refractivity contribution in [3.05, 3.63) is 121 Å². The van der Waals surface area contributed by atoms with Gasteiger partial charge in [0.05, 0.1) is 0 Å². The van der Waals surface area contributed by atoms with Gasteiger partial charge in [0.15, 0.2) is 0 Å². The van der Waals surface area contributed by atoms with E-state index in [-0.39, 0.29) is 22.3 Å². The van der Waals surface area contributed by atoms with E-state index in [0.717, 1.165) is 6.42 Å². The van der Waals surface area contributed by atoms with Gasteiger partial charge >= 0.3 is 0 Å². The minimum atomic E-state index is -1.98. The zero-order valence-electron chi connectivity index (χ0n) is 18.1. The molecule has 4 aromatic rings. The van der Waals surface area contributed by atoms with Gasteiger partial charge in [-0.25, -0.2) is 0 Å². The molecule has 1 unspecified atom stereocenters. The monoisotopic (exact) mass is 464 g/mol. The molecule has 0 spiro atoms. The molecule has 0 nitrogen and oxygen atoms in total. The van der Waals surface area contributed by atoms with Crippen LogP contribution in [0.1, 0.15) is 25.3 Å². The van der Waals surface area contributed by atoms with Crippen LogP contribution in [0.25, 0.3) is 0 Å². The third-order valence-corrected chi connectivity index (χ3v) is 9.96. The van der Waals surface area contributed by atoms with Crippen molar-refractivity contribution in [3.63, 3.8) is 0 Å². The van der Waals surface area contributed by atoms with E-state index in [1.165, 1.54) is 39.6 Å². The van der Waals surface area contributed by atoms with Crippen molar-refractivity contribution in [2.75, 3.05) is 0 Å². The number of aryl methyl sites for hydroxylation is 1. The first-order chi connectivity index (χ1) is 14.4. The van der Waals surface area contributed by atoms with Gasteiger partial charge in [-0.1, -0.05) is 86.1 Å². The van der Waals surface area contributed by atoms with Crippen LogP contribution < -0.4 is 33.6 Å². The Morgan fingerprint density at radius 3 is 1.35 bits per heavy atom. The largest absolute Gasteiger partial charge is 1.00 e. The van der Waals surface area contributed by atoms with Crippen LogP contribution in [0.4, 0.5) is 0 Å². The molecule has 0 radical (unpaired) electrons. The minimum Gasteiger partial charge on any atom is -1.00 e. The fourth-order valence-electron chi connectivity index (χ4n) is 4.24. The van der Waals surface area contributed by atoms with Crippen LogP contribution in [0.2, 0.25) is 0 Å². The summed E-state index contributed by atoms with van der Waals surface area (Å²) in [5.74, 6) is 0. The molecule has 160 valence electrons. The number of unbranched alkanes of at least 4 members (excludes halogenated alkanes) is 1. The van der Waals surface area contributed by atoms with Crippen molar-refractivity contribution < 1.29 is 12.4 Å². The highest BCUT2D eigenvalue weighted by atomic mass is 35.5. The first-order valence-corrected chi connectivity index (χ1v) is 12.3. The van der Waals surface area contributed by atoms with E-state index in [0.29, 0.717) is 0 Å². The summed E-state index contributed by atoms with van der Waals surface area (Å²) >= 11 is 0. The first kappa shape index (κ1) is 25.3. The number of hydrogen-bond donors (Lipinski definition) is 0. The van der Waals surface area contributed by atoms with Gasteiger partial charge in [0, 0.05) is 0 Å². The second-order valence-electron chi connectivity index (χ2n) is 7.41. The van der Waals surface area contributed by atoms with E-state index in [4.69, 9.17) is 0 Å². The Kier molecular flexibility index (Phi) is 9.93. The Morgan fingerprint density at radius 2 is 0.935 bits per heavy atom. The van der Waals surface area contributed by atoms with Gasteiger partial charge in [-0.2, -0.15) is 9.90 Å². The van der Waals surface area contributed by atoms with Crippen LogP contribution in [0, 0.1) is 0 Å². The lowest BCUT2D eigenvalue weighted by Gasteiger charge is -2.29. The molecule has 0 aromatic heterocycles. The van der Waals surface area contributed by atoms with E-state index in [2.05, 4.69) is 122 Å². The molecule has 31 heavy (non-hydrogen) atoms. The fourth-order valence-corrected chi connectivity index (χ4v) is 8.75. The summed E-state index contributed by atoms with van der Waals surface area (Å²) in [4.78, 5) is 0. The first-order valence-electron chi connectivity index (χ1n) is 10.5. The highest BCUT2D eigenvalue weighted by molar-refractivity contribution is 8.01. The molecule has 4 rings (SSSR count). The molecule has 1 atom stereocenters. The normalized spacial score (nSPS) is 10.6. The molecule has 0 saturated carbocycles. The second kappa shape index (κ2) is 12.2. The van der Waals surface area contributed by atoms with E-state index in [1.807, 2.05) is 0 Å². The number of benzene rings is 4. The van der Waals surface area contributed by atoms with Crippen molar-refractivity contribution in [3.8, 4) is 0 Å². The number of halogens is 1. The van der Waals surface area contributed by atoms with Gasteiger partial charge in [-0.05, 0) is 60.9 Å². The lowest BCUT2D eigenvalue weighted by atomic mass is 10.1. The highest BCUT2D eigenvalue weighted by Crippen LogP contribution is 2.54. The summed E-state index contributed by atoms with van der Waals surface area (Å²) < 4.78 is 0. The summed E-state index contributed by atoms with van der Waals surface area (Å²) in [6.07, 6.45) is 3.55. The van der Waals surface area contributed by atoms with Crippen LogP contribution in [-0.4, -0.2) is 0 Å². The smallest absolute Gasteiger partial charge is 0.144 e. The van der Waals surface area contributed by atoms with Crippen molar-refractivity contribution in [2.24, 2.45) is 0 Å². The quantitative estimate of drug-likeness (QED) is 0.369. The lowest BCUT2D eigenvalue weighted by Crippen LogP contribution is -3.00. The van der Waals surface area contributed by atoms with Gasteiger partial charge in [0.2, 0.25) is 0 Å².